The minimum Gasteiger partial charge on any atom is -0.383 e. The van der Waals surface area contributed by atoms with Crippen LogP contribution in [0.15, 0.2) is 81.7 Å². The Balaban J connectivity index is 1.59. The number of amides is 1. The molecule has 9 heteroatoms. The summed E-state index contributed by atoms with van der Waals surface area (Å²) < 4.78 is 5.44. The predicted molar refractivity (Wildman–Crippen MR) is 155 cm³/mol. The molecule has 1 saturated heterocycles. The summed E-state index contributed by atoms with van der Waals surface area (Å²) in [6.45, 7) is 14.7. The van der Waals surface area contributed by atoms with Crippen molar-refractivity contribution < 1.29 is 9.53 Å². The molecule has 4 N–H and O–H groups in total. The van der Waals surface area contributed by atoms with E-state index >= 15 is 0 Å². The van der Waals surface area contributed by atoms with Crippen LogP contribution in [0, 0.1) is 6.92 Å². The molecule has 2 aromatic carbocycles. The Kier molecular flexibility index (Phi) is 8.07. The van der Waals surface area contributed by atoms with Crippen LogP contribution in [0.1, 0.15) is 42.3 Å². The second-order valence-electron chi connectivity index (χ2n) is 10.2. The van der Waals surface area contributed by atoms with Crippen LogP contribution in [0.25, 0.3) is 0 Å². The Morgan fingerprint density at radius 3 is 2.63 bits per heavy atom. The number of nitrogens with zero attached hydrogens (tertiary/aromatic N) is 4. The van der Waals surface area contributed by atoms with Crippen LogP contribution in [-0.4, -0.2) is 55.0 Å². The first kappa shape index (κ1) is 26.8. The monoisotopic (exact) mass is 513 g/mol. The third-order valence-corrected chi connectivity index (χ3v) is 6.29. The number of hydrogen-bond donors (Lipinski definition) is 3. The fraction of sp³-hybridized carbons (Fsp3) is 0.310. The molecule has 4 rings (SSSR count). The number of aryl methyl sites for hydroxylation is 1. The maximum absolute atomic E-state index is 13.1. The molecule has 198 valence electrons. The average Bonchev–Trinajstić information content (AvgIpc) is 2.90. The lowest BCUT2D eigenvalue weighted by Crippen LogP contribution is -2.41. The summed E-state index contributed by atoms with van der Waals surface area (Å²) in [6.07, 6.45) is 3.06. The molecule has 1 amide bonds. The number of carbonyl (C=O) groups excluding carboxylic acids is 1. The first-order chi connectivity index (χ1) is 18.2. The van der Waals surface area contributed by atoms with Gasteiger partial charge in [-0.3, -0.25) is 9.79 Å². The van der Waals surface area contributed by atoms with Crippen LogP contribution in [0.3, 0.4) is 0 Å². The summed E-state index contributed by atoms with van der Waals surface area (Å²) in [7, 11) is 0. The topological polar surface area (TPSA) is 117 Å². The van der Waals surface area contributed by atoms with Gasteiger partial charge in [0.25, 0.3) is 5.91 Å². The molecule has 0 unspecified atom stereocenters. The van der Waals surface area contributed by atoms with Gasteiger partial charge in [0, 0.05) is 36.2 Å². The van der Waals surface area contributed by atoms with E-state index in [2.05, 4.69) is 54.0 Å². The maximum Gasteiger partial charge on any atom is 0.255 e. The zero-order chi connectivity index (χ0) is 27.3. The lowest BCUT2D eigenvalue weighted by atomic mass is 9.87. The van der Waals surface area contributed by atoms with Crippen LogP contribution >= 0.6 is 0 Å². The van der Waals surface area contributed by atoms with Gasteiger partial charge < -0.3 is 26.0 Å². The van der Waals surface area contributed by atoms with Crippen LogP contribution in [0.5, 0.6) is 0 Å². The van der Waals surface area contributed by atoms with E-state index < -0.39 is 0 Å². The normalized spacial score (nSPS) is 18.2. The van der Waals surface area contributed by atoms with Crippen molar-refractivity contribution in [3.63, 3.8) is 0 Å². The van der Waals surface area contributed by atoms with Crippen molar-refractivity contribution in [2.45, 2.75) is 33.1 Å². The number of hydrogen-bond acceptors (Lipinski definition) is 8. The molecule has 2 aliphatic rings. The van der Waals surface area contributed by atoms with Gasteiger partial charge in [-0.05, 0) is 47.7 Å². The largest absolute Gasteiger partial charge is 0.383 e. The van der Waals surface area contributed by atoms with Gasteiger partial charge >= 0.3 is 0 Å². The molecule has 0 aromatic heterocycles. The minimum absolute atomic E-state index is 0.0194. The van der Waals surface area contributed by atoms with Gasteiger partial charge in [0.2, 0.25) is 5.96 Å². The Hall–Kier alpha value is -4.24. The Morgan fingerprint density at radius 1 is 1.16 bits per heavy atom. The quantitative estimate of drug-likeness (QED) is 0.546. The van der Waals surface area contributed by atoms with Crippen molar-refractivity contribution in [2.24, 2.45) is 20.7 Å². The zero-order valence-corrected chi connectivity index (χ0v) is 22.4. The van der Waals surface area contributed by atoms with E-state index in [-0.39, 0.29) is 11.3 Å². The van der Waals surface area contributed by atoms with Crippen molar-refractivity contribution >= 4 is 35.2 Å². The van der Waals surface area contributed by atoms with E-state index in [1.807, 2.05) is 36.1 Å². The van der Waals surface area contributed by atoms with Gasteiger partial charge in [0.05, 0.1) is 19.4 Å². The van der Waals surface area contributed by atoms with E-state index in [4.69, 9.17) is 15.5 Å². The molecule has 9 nitrogen and oxygen atoms in total. The highest BCUT2D eigenvalue weighted by Crippen LogP contribution is 2.26. The number of rotatable bonds is 5. The molecular weight excluding hydrogens is 478 g/mol. The average molecular weight is 514 g/mol. The highest BCUT2D eigenvalue weighted by atomic mass is 16.5. The molecule has 0 aliphatic carbocycles. The van der Waals surface area contributed by atoms with Crippen molar-refractivity contribution in [3.05, 3.63) is 83.5 Å². The lowest BCUT2D eigenvalue weighted by Gasteiger charge is -2.29. The second-order valence-corrected chi connectivity index (χ2v) is 10.2. The summed E-state index contributed by atoms with van der Waals surface area (Å²) in [5.74, 6) is 0.635. The van der Waals surface area contributed by atoms with Gasteiger partial charge in [-0.2, -0.15) is 0 Å². The minimum atomic E-state index is -0.211. The molecule has 1 fully saturated rings. The SMILES string of the molecule is C=C/N=C1/C=NC(N2CCOCC2)=N/C1=C(/N)Nc1cc(C(=O)Nc2cccc(C(C)(C)C)c2)ccc1C. The fourth-order valence-electron chi connectivity index (χ4n) is 4.04. The summed E-state index contributed by atoms with van der Waals surface area (Å²) in [5, 5.41) is 6.24. The van der Waals surface area contributed by atoms with Crippen molar-refractivity contribution in [1.29, 1.82) is 0 Å². The lowest BCUT2D eigenvalue weighted by molar-refractivity contribution is 0.0676. The van der Waals surface area contributed by atoms with E-state index in [9.17, 15) is 4.79 Å². The van der Waals surface area contributed by atoms with E-state index in [1.54, 1.807) is 18.3 Å². The maximum atomic E-state index is 13.1. The second kappa shape index (κ2) is 11.4. The van der Waals surface area contributed by atoms with Crippen molar-refractivity contribution in [3.8, 4) is 0 Å². The third kappa shape index (κ3) is 6.36. The number of aliphatic imine (C=N–C) groups is 3. The Morgan fingerprint density at radius 2 is 1.92 bits per heavy atom. The van der Waals surface area contributed by atoms with Gasteiger partial charge in [-0.25, -0.2) is 9.98 Å². The first-order valence-electron chi connectivity index (χ1n) is 12.6. The molecule has 0 spiro atoms. The zero-order valence-electron chi connectivity index (χ0n) is 22.4. The molecular formula is C29H35N7O2. The van der Waals surface area contributed by atoms with Crippen LogP contribution < -0.4 is 16.4 Å². The fourth-order valence-corrected chi connectivity index (χ4v) is 4.04. The Labute approximate surface area is 223 Å². The van der Waals surface area contributed by atoms with E-state index in [0.717, 1.165) is 16.8 Å². The Bertz CT molecular complexity index is 1340. The van der Waals surface area contributed by atoms with Crippen molar-refractivity contribution in [2.75, 3.05) is 36.9 Å². The molecule has 38 heavy (non-hydrogen) atoms. The number of guanidine groups is 1. The number of anilines is 2. The first-order valence-corrected chi connectivity index (χ1v) is 12.6. The van der Waals surface area contributed by atoms with Crippen LogP contribution in [0.4, 0.5) is 11.4 Å². The number of carbonyl (C=O) groups is 1. The van der Waals surface area contributed by atoms with Crippen LogP contribution in [-0.2, 0) is 10.2 Å². The number of allylic oxidation sites excluding steroid dienone is 1. The van der Waals surface area contributed by atoms with Gasteiger partial charge in [-0.1, -0.05) is 45.5 Å². The highest BCUT2D eigenvalue weighted by Gasteiger charge is 2.22. The molecule has 2 aromatic rings. The third-order valence-electron chi connectivity index (χ3n) is 6.29. The smallest absolute Gasteiger partial charge is 0.255 e. The molecule has 2 aliphatic heterocycles. The molecule has 2 heterocycles. The number of nitrogens with one attached hydrogen (secondary N) is 2. The number of nitrogens with two attached hydrogens (primary N) is 1. The molecule has 0 radical (unpaired) electrons. The predicted octanol–water partition coefficient (Wildman–Crippen LogP) is 4.44. The molecule has 0 atom stereocenters. The summed E-state index contributed by atoms with van der Waals surface area (Å²) >= 11 is 0. The number of benzene rings is 2. The highest BCUT2D eigenvalue weighted by molar-refractivity contribution is 6.41. The summed E-state index contributed by atoms with van der Waals surface area (Å²) in [6, 6.07) is 13.4. The summed E-state index contributed by atoms with van der Waals surface area (Å²) in [4.78, 5) is 28.6. The van der Waals surface area contributed by atoms with E-state index in [0.29, 0.717) is 60.7 Å². The van der Waals surface area contributed by atoms with Gasteiger partial charge in [0.15, 0.2) is 0 Å². The van der Waals surface area contributed by atoms with Crippen LogP contribution in [0.2, 0.25) is 0 Å². The van der Waals surface area contributed by atoms with E-state index in [1.165, 1.54) is 6.20 Å². The summed E-state index contributed by atoms with van der Waals surface area (Å²) in [5.41, 5.74) is 11.4. The van der Waals surface area contributed by atoms with Gasteiger partial charge in [0.1, 0.15) is 17.2 Å². The standard InChI is InChI=1S/C29H35N7O2/c1-6-31-24-18-32-28(36-12-14-38-15-13-36)35-25(24)26(30)34-23-16-20(11-10-19(23)2)27(37)33-22-9-7-8-21(17-22)29(3,4)5/h6-11,16-18,34H,1,12-15,30H2,2-5H3,(H,33,37)/b26-25-,31-24-. The molecule has 0 bridgehead atoms. The number of morpholine rings is 1. The number of ether oxygens (including phenoxy) is 1. The van der Waals surface area contributed by atoms with Crippen molar-refractivity contribution in [1.82, 2.24) is 4.90 Å². The molecule has 0 saturated carbocycles. The van der Waals surface area contributed by atoms with Gasteiger partial charge in [-0.15, -0.1) is 0 Å².